The summed E-state index contributed by atoms with van der Waals surface area (Å²) in [5.41, 5.74) is 0. The second-order valence-corrected chi connectivity index (χ2v) is 24.1. The second-order valence-electron chi connectivity index (χ2n) is 22.7. The van der Waals surface area contributed by atoms with Crippen molar-refractivity contribution >= 4 is 13.7 Å². The molecule has 466 valence electrons. The number of phosphoric acid groups is 1. The van der Waals surface area contributed by atoms with Gasteiger partial charge in [0.25, 0.3) is 7.82 Å². The summed E-state index contributed by atoms with van der Waals surface area (Å²) >= 11 is 0. The summed E-state index contributed by atoms with van der Waals surface area (Å²) in [4.78, 5) is 25.6. The number of carbonyl (C=O) groups excluding carboxylic acids is 1. The number of aliphatic hydroxyl groups is 1. The Kier molecular flexibility index (Phi) is 58.8. The van der Waals surface area contributed by atoms with Crippen LogP contribution < -0.4 is 10.2 Å². The van der Waals surface area contributed by atoms with Crippen molar-refractivity contribution in [3.05, 3.63) is 158 Å². The number of aliphatic hydroxyl groups excluding tert-OH is 1. The molecule has 1 amide bonds. The van der Waals surface area contributed by atoms with E-state index in [1.807, 2.05) is 27.2 Å². The van der Waals surface area contributed by atoms with Gasteiger partial charge in [0, 0.05) is 6.42 Å². The first-order chi connectivity index (χ1) is 40.0. The molecular weight excluding hydrogens is 1030 g/mol. The van der Waals surface area contributed by atoms with Gasteiger partial charge in [0.1, 0.15) is 13.2 Å². The number of unbranched alkanes of at least 4 members (excludes halogenated alkanes) is 21. The number of hydrogen-bond acceptors (Lipinski definition) is 6. The molecule has 0 bridgehead atoms. The van der Waals surface area contributed by atoms with Crippen LogP contribution >= 0.6 is 7.82 Å². The third-order valence-corrected chi connectivity index (χ3v) is 14.7. The number of carbonyl (C=O) groups is 1. The lowest BCUT2D eigenvalue weighted by Crippen LogP contribution is -2.45. The average Bonchev–Trinajstić information content (AvgIpc) is 3.47. The molecule has 2 N–H and O–H groups in total. The highest BCUT2D eigenvalue weighted by atomic mass is 31.2. The molecule has 3 unspecified atom stereocenters. The average molecular weight is 1160 g/mol. The molecule has 8 nitrogen and oxygen atoms in total. The minimum atomic E-state index is -4.63. The van der Waals surface area contributed by atoms with Crippen molar-refractivity contribution in [3.63, 3.8) is 0 Å². The fourth-order valence-corrected chi connectivity index (χ4v) is 9.37. The van der Waals surface area contributed by atoms with Crippen LogP contribution in [-0.2, 0) is 18.4 Å². The number of likely N-dealkylation sites (N-methyl/N-ethyl adjacent to an activating group) is 1. The molecule has 0 radical (unpaired) electrons. The molecule has 0 aliphatic carbocycles. The minimum absolute atomic E-state index is 0.0217. The van der Waals surface area contributed by atoms with E-state index in [1.54, 1.807) is 6.08 Å². The largest absolute Gasteiger partial charge is 0.756 e. The molecule has 0 saturated carbocycles. The van der Waals surface area contributed by atoms with Crippen molar-refractivity contribution in [1.82, 2.24) is 5.32 Å². The van der Waals surface area contributed by atoms with Gasteiger partial charge in [0.05, 0.1) is 39.9 Å². The van der Waals surface area contributed by atoms with E-state index >= 15 is 0 Å². The van der Waals surface area contributed by atoms with Crippen LogP contribution in [0.4, 0.5) is 0 Å². The van der Waals surface area contributed by atoms with E-state index in [4.69, 9.17) is 9.05 Å². The van der Waals surface area contributed by atoms with E-state index in [2.05, 4.69) is 165 Å². The maximum absolute atomic E-state index is 13.0. The quantitative estimate of drug-likeness (QED) is 0.0272. The van der Waals surface area contributed by atoms with Crippen LogP contribution in [0.5, 0.6) is 0 Å². The van der Waals surface area contributed by atoms with Crippen LogP contribution in [0.15, 0.2) is 158 Å². The van der Waals surface area contributed by atoms with E-state index in [0.29, 0.717) is 17.4 Å². The Morgan fingerprint density at radius 2 is 0.756 bits per heavy atom. The van der Waals surface area contributed by atoms with E-state index in [9.17, 15) is 19.4 Å². The standard InChI is InChI=1S/C73H123N2O6P/c1-6-8-10-12-14-16-18-20-22-24-26-28-30-31-32-33-34-35-36-37-38-39-40-41-42-43-45-47-49-51-53-55-57-59-61-63-65-67-73(77)74-71(70-81-82(78,79)80-69-68-75(3,4)5)72(76)66-64-62-60-58-56-54-52-50-48-46-44-29-27-25-23-21-19-17-15-13-11-9-7-2/h8,10,14,16,20,22,26,28,31-32,34-35,37-38,40-41,43,45,49,51,55-58,64,66,71-72,76H,6-7,9,11-13,15,17-19,21,23-25,27,29-30,33,36,39,42,44,46-48,50,52-54,59-63,65,67-70H2,1-5H3,(H-,74,77,78,79)/b10-8-,16-14-,22-20-,28-26-,32-31-,35-34-,38-37-,41-40-,45-43-,51-49-,57-55-,58-56+,66-64+. The van der Waals surface area contributed by atoms with Crippen LogP contribution in [0.3, 0.4) is 0 Å². The topological polar surface area (TPSA) is 108 Å². The Labute approximate surface area is 505 Å². The number of allylic oxidation sites excluding steroid dienone is 25. The smallest absolute Gasteiger partial charge is 0.268 e. The monoisotopic (exact) mass is 1150 g/mol. The number of hydrogen-bond donors (Lipinski definition) is 2. The third kappa shape index (κ3) is 63.7. The third-order valence-electron chi connectivity index (χ3n) is 13.7. The predicted molar refractivity (Wildman–Crippen MR) is 357 cm³/mol. The van der Waals surface area contributed by atoms with Crippen LogP contribution in [0.25, 0.3) is 0 Å². The molecule has 3 atom stereocenters. The lowest BCUT2D eigenvalue weighted by Gasteiger charge is -2.29. The first kappa shape index (κ1) is 78.1. The van der Waals surface area contributed by atoms with Crippen LogP contribution in [0, 0.1) is 0 Å². The van der Waals surface area contributed by atoms with Gasteiger partial charge in [-0.15, -0.1) is 0 Å². The van der Waals surface area contributed by atoms with E-state index in [0.717, 1.165) is 109 Å². The first-order valence-electron chi connectivity index (χ1n) is 32.8. The van der Waals surface area contributed by atoms with E-state index < -0.39 is 26.6 Å². The van der Waals surface area contributed by atoms with Gasteiger partial charge >= 0.3 is 0 Å². The SMILES string of the molecule is CC/C=C\C/C=C\C/C=C\C/C=C\C/C=C\C/C=C\C/C=C\C/C=C\C/C=C\C/C=C\C/C=C\CCCCCC(=O)NC(COP(=O)([O-])OCC[N+](C)(C)C)C(O)/C=C/CC/C=C/CCCCCCCCCCCCCCCCCCC. The lowest BCUT2D eigenvalue weighted by atomic mass is 10.0. The molecule has 0 saturated heterocycles. The van der Waals surface area contributed by atoms with Crippen LogP contribution in [0.1, 0.15) is 245 Å². The number of phosphoric ester groups is 1. The zero-order valence-electron chi connectivity index (χ0n) is 53.1. The molecule has 0 aliphatic rings. The van der Waals surface area contributed by atoms with Crippen molar-refractivity contribution in [1.29, 1.82) is 0 Å². The summed E-state index contributed by atoms with van der Waals surface area (Å²) in [6, 6.07) is -0.935. The molecule has 0 rings (SSSR count). The predicted octanol–water partition coefficient (Wildman–Crippen LogP) is 20.4. The number of quaternary nitrogens is 1. The number of nitrogens with one attached hydrogen (secondary N) is 1. The van der Waals surface area contributed by atoms with Crippen molar-refractivity contribution in [2.45, 2.75) is 257 Å². The molecule has 0 aliphatic heterocycles. The normalized spacial score (nSPS) is 14.8. The summed E-state index contributed by atoms with van der Waals surface area (Å²) in [7, 11) is 1.20. The fraction of sp³-hybridized carbons (Fsp3) is 0.630. The van der Waals surface area contributed by atoms with Gasteiger partial charge in [-0.3, -0.25) is 9.36 Å². The number of rotatable bonds is 58. The molecule has 0 aromatic rings. The van der Waals surface area contributed by atoms with Gasteiger partial charge in [0.15, 0.2) is 0 Å². The Morgan fingerprint density at radius 1 is 0.439 bits per heavy atom. The van der Waals surface area contributed by atoms with Gasteiger partial charge < -0.3 is 28.8 Å². The zero-order valence-corrected chi connectivity index (χ0v) is 54.0. The Morgan fingerprint density at radius 3 is 1.13 bits per heavy atom. The van der Waals surface area contributed by atoms with E-state index in [-0.39, 0.29) is 18.9 Å². The van der Waals surface area contributed by atoms with Crippen molar-refractivity contribution in [2.24, 2.45) is 0 Å². The molecular formula is C73H123N2O6P. The highest BCUT2D eigenvalue weighted by molar-refractivity contribution is 7.45. The highest BCUT2D eigenvalue weighted by Crippen LogP contribution is 2.38. The molecule has 0 aromatic heterocycles. The molecule has 82 heavy (non-hydrogen) atoms. The summed E-state index contributed by atoms with van der Waals surface area (Å²) < 4.78 is 23.4. The fourth-order valence-electron chi connectivity index (χ4n) is 8.64. The zero-order chi connectivity index (χ0) is 59.8. The van der Waals surface area contributed by atoms with Crippen molar-refractivity contribution in [2.75, 3.05) is 40.9 Å². The minimum Gasteiger partial charge on any atom is -0.756 e. The first-order valence-corrected chi connectivity index (χ1v) is 34.3. The maximum atomic E-state index is 13.0. The Balaban J connectivity index is 4.30. The van der Waals surface area contributed by atoms with Gasteiger partial charge in [0.2, 0.25) is 5.91 Å². The molecule has 0 fully saturated rings. The summed E-state index contributed by atoms with van der Waals surface area (Å²) in [6.45, 7) is 4.49. The molecule has 0 aromatic carbocycles. The Hall–Kier alpha value is -3.88. The van der Waals surface area contributed by atoms with Gasteiger partial charge in [-0.2, -0.15) is 0 Å². The second kappa shape index (κ2) is 61.7. The van der Waals surface area contributed by atoms with E-state index in [1.165, 1.54) is 109 Å². The molecule has 0 heterocycles. The van der Waals surface area contributed by atoms with Crippen LogP contribution in [0.2, 0.25) is 0 Å². The summed E-state index contributed by atoms with van der Waals surface area (Å²) in [5.74, 6) is -0.244. The molecule has 0 spiro atoms. The van der Waals surface area contributed by atoms with Crippen LogP contribution in [-0.4, -0.2) is 68.5 Å². The number of amides is 1. The van der Waals surface area contributed by atoms with Gasteiger partial charge in [-0.05, 0) is 116 Å². The van der Waals surface area contributed by atoms with Crippen molar-refractivity contribution in [3.8, 4) is 0 Å². The van der Waals surface area contributed by atoms with Crippen molar-refractivity contribution < 1.29 is 32.9 Å². The lowest BCUT2D eigenvalue weighted by molar-refractivity contribution is -0.870. The molecule has 9 heteroatoms. The number of nitrogens with zero attached hydrogens (tertiary/aromatic N) is 1. The summed E-state index contributed by atoms with van der Waals surface area (Å²) in [5, 5.41) is 13.9. The van der Waals surface area contributed by atoms with Gasteiger partial charge in [-0.25, -0.2) is 0 Å². The highest BCUT2D eigenvalue weighted by Gasteiger charge is 2.23. The maximum Gasteiger partial charge on any atom is 0.268 e. The van der Waals surface area contributed by atoms with Gasteiger partial charge in [-0.1, -0.05) is 281 Å². The summed E-state index contributed by atoms with van der Waals surface area (Å²) in [6.07, 6.45) is 96.3. The Bertz CT molecular complexity index is 1890.